The second kappa shape index (κ2) is 3.60. The van der Waals surface area contributed by atoms with Crippen molar-refractivity contribution in [2.75, 3.05) is 0 Å². The van der Waals surface area contributed by atoms with Crippen molar-refractivity contribution in [2.24, 2.45) is 0 Å². The summed E-state index contributed by atoms with van der Waals surface area (Å²) in [5.41, 5.74) is 0.294. The topological polar surface area (TPSA) is 20.2 Å². The van der Waals surface area contributed by atoms with Crippen LogP contribution in [0.2, 0.25) is 0 Å². The highest BCUT2D eigenvalue weighted by Crippen LogP contribution is 2.43. The van der Waals surface area contributed by atoms with E-state index in [1.165, 1.54) is 0 Å². The second-order valence-electron chi connectivity index (χ2n) is 4.75. The minimum atomic E-state index is -0.894. The van der Waals surface area contributed by atoms with Gasteiger partial charge in [-0.1, -0.05) is 32.0 Å². The second-order valence-corrected chi connectivity index (χ2v) is 4.75. The minimum absolute atomic E-state index is 0.161. The molecule has 1 aliphatic carbocycles. The van der Waals surface area contributed by atoms with E-state index in [4.69, 9.17) is 0 Å². The highest BCUT2D eigenvalue weighted by Gasteiger charge is 2.38. The fraction of sp³-hybridized carbons (Fsp3) is 0.538. The summed E-state index contributed by atoms with van der Waals surface area (Å²) in [6, 6.07) is 5.34. The van der Waals surface area contributed by atoms with Crippen molar-refractivity contribution in [3.8, 4) is 0 Å². The lowest BCUT2D eigenvalue weighted by atomic mass is 9.74. The van der Waals surface area contributed by atoms with Crippen LogP contribution in [0.15, 0.2) is 18.2 Å². The Kier molecular flexibility index (Phi) is 2.55. The maximum Gasteiger partial charge on any atom is 0.132 e. The Hall–Kier alpha value is -0.890. The Morgan fingerprint density at radius 2 is 2.00 bits per heavy atom. The molecule has 0 bridgehead atoms. The van der Waals surface area contributed by atoms with Crippen molar-refractivity contribution in [1.29, 1.82) is 0 Å². The summed E-state index contributed by atoms with van der Waals surface area (Å²) in [5.74, 6) is -0.0525. The van der Waals surface area contributed by atoms with E-state index >= 15 is 0 Å². The number of hydrogen-bond acceptors (Lipinski definition) is 1. The molecule has 0 amide bonds. The lowest BCUT2D eigenvalue weighted by molar-refractivity contribution is -0.0417. The molecule has 1 nitrogen and oxygen atoms in total. The molecule has 1 fully saturated rings. The molecule has 1 N–H and O–H groups in total. The quantitative estimate of drug-likeness (QED) is 0.790. The van der Waals surface area contributed by atoms with Gasteiger partial charge in [-0.25, -0.2) is 4.39 Å². The molecule has 0 atom stereocenters. The minimum Gasteiger partial charge on any atom is -0.385 e. The van der Waals surface area contributed by atoms with Crippen LogP contribution in [0.3, 0.4) is 0 Å². The predicted octanol–water partition coefficient (Wildman–Crippen LogP) is 3.32. The highest BCUT2D eigenvalue weighted by molar-refractivity contribution is 5.33. The normalized spacial score (nSPS) is 19.0. The summed E-state index contributed by atoms with van der Waals surface area (Å²) in [6.45, 7) is 3.93. The third kappa shape index (κ3) is 1.67. The molecule has 1 aromatic rings. The molecule has 0 radical (unpaired) electrons. The first kappa shape index (κ1) is 10.6. The van der Waals surface area contributed by atoms with Gasteiger partial charge in [0.15, 0.2) is 0 Å². The van der Waals surface area contributed by atoms with Gasteiger partial charge in [0.25, 0.3) is 0 Å². The number of rotatable bonds is 2. The van der Waals surface area contributed by atoms with E-state index in [-0.39, 0.29) is 11.7 Å². The van der Waals surface area contributed by atoms with Crippen LogP contribution < -0.4 is 0 Å². The van der Waals surface area contributed by atoms with E-state index in [1.54, 1.807) is 12.1 Å². The fourth-order valence-corrected chi connectivity index (χ4v) is 2.14. The van der Waals surface area contributed by atoms with Gasteiger partial charge in [-0.05, 0) is 30.7 Å². The van der Waals surface area contributed by atoms with E-state index in [1.807, 2.05) is 19.9 Å². The molecule has 0 saturated heterocycles. The fourth-order valence-electron chi connectivity index (χ4n) is 2.14. The van der Waals surface area contributed by atoms with E-state index in [9.17, 15) is 9.50 Å². The van der Waals surface area contributed by atoms with Crippen LogP contribution in [0, 0.1) is 5.82 Å². The molecule has 0 unspecified atom stereocenters. The molecule has 1 aromatic carbocycles. The monoisotopic (exact) mass is 208 g/mol. The van der Waals surface area contributed by atoms with Crippen LogP contribution in [-0.2, 0) is 5.60 Å². The van der Waals surface area contributed by atoms with Gasteiger partial charge < -0.3 is 5.11 Å². The average molecular weight is 208 g/mol. The number of aliphatic hydroxyl groups is 1. The Morgan fingerprint density at radius 3 is 2.47 bits per heavy atom. The van der Waals surface area contributed by atoms with Crippen molar-refractivity contribution in [3.05, 3.63) is 35.1 Å². The maximum absolute atomic E-state index is 14.1. The largest absolute Gasteiger partial charge is 0.385 e. The molecule has 0 spiro atoms. The Labute approximate surface area is 89.9 Å². The van der Waals surface area contributed by atoms with Gasteiger partial charge in [-0.2, -0.15) is 0 Å². The van der Waals surface area contributed by atoms with Gasteiger partial charge in [0.1, 0.15) is 5.82 Å². The van der Waals surface area contributed by atoms with Crippen LogP contribution in [-0.4, -0.2) is 5.11 Å². The maximum atomic E-state index is 14.1. The van der Waals surface area contributed by atoms with Crippen molar-refractivity contribution < 1.29 is 9.50 Å². The van der Waals surface area contributed by atoms with E-state index < -0.39 is 5.60 Å². The Morgan fingerprint density at radius 1 is 1.33 bits per heavy atom. The molecule has 2 rings (SSSR count). The highest BCUT2D eigenvalue weighted by atomic mass is 19.1. The molecule has 0 aliphatic heterocycles. The van der Waals surface area contributed by atoms with Crippen LogP contribution in [0.4, 0.5) is 4.39 Å². The summed E-state index contributed by atoms with van der Waals surface area (Å²) in [4.78, 5) is 0. The van der Waals surface area contributed by atoms with Gasteiger partial charge in [0, 0.05) is 5.56 Å². The zero-order chi connectivity index (χ0) is 11.1. The standard InChI is InChI=1S/C13H17FO/c1-9(2)10-5-3-6-11(12(10)14)13(15)7-4-8-13/h3,5-6,9,15H,4,7-8H2,1-2H3. The number of benzene rings is 1. The summed E-state index contributed by atoms with van der Waals surface area (Å²) in [7, 11) is 0. The summed E-state index contributed by atoms with van der Waals surface area (Å²) >= 11 is 0. The van der Waals surface area contributed by atoms with E-state index in [2.05, 4.69) is 0 Å². The summed E-state index contributed by atoms with van der Waals surface area (Å²) < 4.78 is 14.1. The van der Waals surface area contributed by atoms with E-state index in [0.717, 1.165) is 6.42 Å². The Bertz CT molecular complexity index is 367. The predicted molar refractivity (Wildman–Crippen MR) is 58.2 cm³/mol. The Balaban J connectivity index is 2.44. The molecule has 0 aromatic heterocycles. The first-order chi connectivity index (χ1) is 7.04. The number of hydrogen-bond donors (Lipinski definition) is 1. The van der Waals surface area contributed by atoms with Crippen molar-refractivity contribution >= 4 is 0 Å². The van der Waals surface area contributed by atoms with Crippen LogP contribution in [0.1, 0.15) is 50.2 Å². The zero-order valence-corrected chi connectivity index (χ0v) is 9.26. The van der Waals surface area contributed by atoms with Gasteiger partial charge >= 0.3 is 0 Å². The van der Waals surface area contributed by atoms with Crippen molar-refractivity contribution in [2.45, 2.75) is 44.6 Å². The van der Waals surface area contributed by atoms with Crippen LogP contribution >= 0.6 is 0 Å². The van der Waals surface area contributed by atoms with E-state index in [0.29, 0.717) is 24.0 Å². The molecular weight excluding hydrogens is 191 g/mol. The summed E-state index contributed by atoms with van der Waals surface area (Å²) in [6.07, 6.45) is 2.36. The van der Waals surface area contributed by atoms with Gasteiger partial charge in [0.05, 0.1) is 5.60 Å². The lowest BCUT2D eigenvalue weighted by Crippen LogP contribution is -2.34. The van der Waals surface area contributed by atoms with Crippen LogP contribution in [0.5, 0.6) is 0 Å². The van der Waals surface area contributed by atoms with Crippen molar-refractivity contribution in [3.63, 3.8) is 0 Å². The SMILES string of the molecule is CC(C)c1cccc(C2(O)CCC2)c1F. The first-order valence-electron chi connectivity index (χ1n) is 5.56. The molecular formula is C13H17FO. The molecule has 82 valence electrons. The molecule has 0 heterocycles. The first-order valence-corrected chi connectivity index (χ1v) is 5.56. The van der Waals surface area contributed by atoms with Gasteiger partial charge in [-0.3, -0.25) is 0 Å². The third-order valence-corrected chi connectivity index (χ3v) is 3.33. The zero-order valence-electron chi connectivity index (χ0n) is 9.26. The average Bonchev–Trinajstić information content (AvgIpc) is 2.14. The smallest absolute Gasteiger partial charge is 0.132 e. The molecule has 15 heavy (non-hydrogen) atoms. The van der Waals surface area contributed by atoms with Gasteiger partial charge in [-0.15, -0.1) is 0 Å². The van der Waals surface area contributed by atoms with Gasteiger partial charge in [0.2, 0.25) is 0 Å². The number of halogens is 1. The third-order valence-electron chi connectivity index (χ3n) is 3.33. The van der Waals surface area contributed by atoms with Crippen molar-refractivity contribution in [1.82, 2.24) is 0 Å². The van der Waals surface area contributed by atoms with Crippen LogP contribution in [0.25, 0.3) is 0 Å². The molecule has 1 aliphatic rings. The molecule has 2 heteroatoms. The molecule has 1 saturated carbocycles. The lowest BCUT2D eigenvalue weighted by Gasteiger charge is -2.37. The summed E-state index contributed by atoms with van der Waals surface area (Å²) in [5, 5.41) is 10.1.